The van der Waals surface area contributed by atoms with Gasteiger partial charge in [-0.2, -0.15) is 0 Å². The normalized spacial score (nSPS) is 14.6. The van der Waals surface area contributed by atoms with Crippen LogP contribution in [0.15, 0.2) is 40.8 Å². The van der Waals surface area contributed by atoms with Gasteiger partial charge < -0.3 is 13.9 Å². The highest BCUT2D eigenvalue weighted by Crippen LogP contribution is 2.34. The van der Waals surface area contributed by atoms with E-state index in [9.17, 15) is 4.79 Å². The highest BCUT2D eigenvalue weighted by atomic mass is 32.1. The number of carbonyl (C=O) groups excluding carboxylic acids is 1. The van der Waals surface area contributed by atoms with Crippen molar-refractivity contribution in [3.63, 3.8) is 0 Å². The van der Waals surface area contributed by atoms with Crippen LogP contribution in [0.3, 0.4) is 0 Å². The Morgan fingerprint density at radius 1 is 1.20 bits per heavy atom. The molecule has 1 amide bonds. The standard InChI is InChI=1S/C27H31N3O4S/c1-4-33-21-8-5-7-20-17-22(34-25(20)21)26(31)30(12-6-11-29-13-15-32-16-14-29)27-28-24-19(3)18(2)9-10-23(24)35-27/h5,7-10,17H,4,6,11-16H2,1-3H3. The first-order chi connectivity index (χ1) is 17.0. The maximum absolute atomic E-state index is 13.8. The van der Waals surface area contributed by atoms with Gasteiger partial charge in [0.15, 0.2) is 22.2 Å². The summed E-state index contributed by atoms with van der Waals surface area (Å²) in [7, 11) is 0. The molecule has 184 valence electrons. The van der Waals surface area contributed by atoms with Crippen LogP contribution >= 0.6 is 11.3 Å². The highest BCUT2D eigenvalue weighted by Gasteiger charge is 2.26. The van der Waals surface area contributed by atoms with E-state index in [2.05, 4.69) is 30.9 Å². The molecule has 0 unspecified atom stereocenters. The van der Waals surface area contributed by atoms with Crippen LogP contribution in [0, 0.1) is 13.8 Å². The van der Waals surface area contributed by atoms with Crippen LogP contribution in [0.5, 0.6) is 5.75 Å². The predicted octanol–water partition coefficient (Wildman–Crippen LogP) is 5.43. The first-order valence-electron chi connectivity index (χ1n) is 12.2. The smallest absolute Gasteiger partial charge is 0.295 e. The molecular weight excluding hydrogens is 462 g/mol. The Hall–Kier alpha value is -2.94. The number of anilines is 1. The van der Waals surface area contributed by atoms with Crippen LogP contribution in [0.4, 0.5) is 5.13 Å². The average Bonchev–Trinajstić information content (AvgIpc) is 3.50. The zero-order valence-electron chi connectivity index (χ0n) is 20.5. The summed E-state index contributed by atoms with van der Waals surface area (Å²) in [5, 5.41) is 1.55. The molecule has 2 aromatic heterocycles. The lowest BCUT2D eigenvalue weighted by Gasteiger charge is -2.27. The SMILES string of the molecule is CCOc1cccc2cc(C(=O)N(CCCN3CCOCC3)c3nc4c(C)c(C)ccc4s3)oc12. The number of fused-ring (bicyclic) bond motifs is 2. The lowest BCUT2D eigenvalue weighted by Crippen LogP contribution is -2.39. The Morgan fingerprint density at radius 3 is 2.83 bits per heavy atom. The zero-order chi connectivity index (χ0) is 24.4. The minimum atomic E-state index is -0.181. The van der Waals surface area contributed by atoms with Crippen molar-refractivity contribution in [3.8, 4) is 5.75 Å². The van der Waals surface area contributed by atoms with Crippen LogP contribution in [-0.2, 0) is 4.74 Å². The molecule has 0 radical (unpaired) electrons. The molecule has 0 bridgehead atoms. The van der Waals surface area contributed by atoms with E-state index < -0.39 is 0 Å². The summed E-state index contributed by atoms with van der Waals surface area (Å²) in [4.78, 5) is 22.9. The zero-order valence-corrected chi connectivity index (χ0v) is 21.3. The highest BCUT2D eigenvalue weighted by molar-refractivity contribution is 7.22. The van der Waals surface area contributed by atoms with Gasteiger partial charge >= 0.3 is 0 Å². The van der Waals surface area contributed by atoms with Crippen LogP contribution in [-0.4, -0.2) is 61.8 Å². The number of thiazole rings is 1. The molecule has 1 aliphatic heterocycles. The fourth-order valence-corrected chi connectivity index (χ4v) is 5.48. The molecule has 0 spiro atoms. The van der Waals surface area contributed by atoms with Crippen molar-refractivity contribution in [2.24, 2.45) is 0 Å². The Labute approximate surface area is 209 Å². The summed E-state index contributed by atoms with van der Waals surface area (Å²) in [6.07, 6.45) is 0.837. The third-order valence-electron chi connectivity index (χ3n) is 6.53. The summed E-state index contributed by atoms with van der Waals surface area (Å²) in [5.41, 5.74) is 3.90. The average molecular weight is 494 g/mol. The van der Waals surface area contributed by atoms with Gasteiger partial charge in [0.25, 0.3) is 5.91 Å². The van der Waals surface area contributed by atoms with E-state index in [1.54, 1.807) is 22.3 Å². The van der Waals surface area contributed by atoms with E-state index in [1.165, 1.54) is 5.56 Å². The van der Waals surface area contributed by atoms with Gasteiger partial charge in [-0.1, -0.05) is 29.5 Å². The molecule has 0 atom stereocenters. The van der Waals surface area contributed by atoms with Crippen molar-refractivity contribution >= 4 is 43.6 Å². The van der Waals surface area contributed by atoms with Gasteiger partial charge in [-0.05, 0) is 56.5 Å². The number of ether oxygens (including phenoxy) is 2. The maximum Gasteiger partial charge on any atom is 0.295 e. The fourth-order valence-electron chi connectivity index (χ4n) is 4.43. The Balaban J connectivity index is 1.46. The van der Waals surface area contributed by atoms with Crippen LogP contribution in [0.2, 0.25) is 0 Å². The summed E-state index contributed by atoms with van der Waals surface area (Å²) in [6.45, 7) is 11.5. The summed E-state index contributed by atoms with van der Waals surface area (Å²) < 4.78 is 18.3. The summed E-state index contributed by atoms with van der Waals surface area (Å²) >= 11 is 1.55. The van der Waals surface area contributed by atoms with Crippen molar-refractivity contribution in [1.29, 1.82) is 0 Å². The number of para-hydroxylation sites is 1. The lowest BCUT2D eigenvalue weighted by atomic mass is 10.1. The second kappa shape index (κ2) is 10.4. The summed E-state index contributed by atoms with van der Waals surface area (Å²) in [6, 6.07) is 11.7. The largest absolute Gasteiger partial charge is 0.490 e. The number of nitrogens with zero attached hydrogens (tertiary/aromatic N) is 3. The minimum Gasteiger partial charge on any atom is -0.490 e. The van der Waals surface area contributed by atoms with Crippen LogP contribution in [0.25, 0.3) is 21.2 Å². The number of rotatable bonds is 8. The molecule has 2 aromatic carbocycles. The molecule has 7 nitrogen and oxygen atoms in total. The summed E-state index contributed by atoms with van der Waals surface area (Å²) in [5.74, 6) is 0.763. The second-order valence-electron chi connectivity index (χ2n) is 8.83. The molecule has 0 N–H and O–H groups in total. The fraction of sp³-hybridized carbons (Fsp3) is 0.407. The first kappa shape index (κ1) is 23.8. The number of morpholine rings is 1. The van der Waals surface area contributed by atoms with Gasteiger partial charge in [0.2, 0.25) is 0 Å². The number of benzene rings is 2. The van der Waals surface area contributed by atoms with Gasteiger partial charge in [0.05, 0.1) is 30.0 Å². The van der Waals surface area contributed by atoms with Gasteiger partial charge in [0, 0.05) is 31.6 Å². The van der Waals surface area contributed by atoms with Crippen molar-refractivity contribution in [3.05, 3.63) is 53.3 Å². The second-order valence-corrected chi connectivity index (χ2v) is 9.84. The van der Waals surface area contributed by atoms with Gasteiger partial charge in [0.1, 0.15) is 0 Å². The van der Waals surface area contributed by atoms with Gasteiger partial charge in [-0.25, -0.2) is 4.98 Å². The molecule has 0 saturated carbocycles. The third kappa shape index (κ3) is 4.91. The van der Waals surface area contributed by atoms with Crippen LogP contribution < -0.4 is 9.64 Å². The van der Waals surface area contributed by atoms with E-state index in [-0.39, 0.29) is 5.91 Å². The number of aryl methyl sites for hydroxylation is 2. The molecule has 4 aromatic rings. The predicted molar refractivity (Wildman–Crippen MR) is 140 cm³/mol. The Bertz CT molecular complexity index is 1340. The molecule has 5 rings (SSSR count). The van der Waals surface area contributed by atoms with Crippen molar-refractivity contribution < 1.29 is 18.7 Å². The minimum absolute atomic E-state index is 0.181. The molecule has 1 saturated heterocycles. The lowest BCUT2D eigenvalue weighted by molar-refractivity contribution is 0.0376. The maximum atomic E-state index is 13.8. The topological polar surface area (TPSA) is 68.0 Å². The van der Waals surface area contributed by atoms with Crippen molar-refractivity contribution in [1.82, 2.24) is 9.88 Å². The molecular formula is C27H31N3O4S. The first-order valence-corrected chi connectivity index (χ1v) is 13.0. The number of hydrogen-bond acceptors (Lipinski definition) is 7. The number of hydrogen-bond donors (Lipinski definition) is 0. The Kier molecular flexibility index (Phi) is 7.04. The Morgan fingerprint density at radius 2 is 2.03 bits per heavy atom. The van der Waals surface area contributed by atoms with E-state index in [1.807, 2.05) is 25.1 Å². The van der Waals surface area contributed by atoms with E-state index in [4.69, 9.17) is 18.9 Å². The molecule has 3 heterocycles. The molecule has 35 heavy (non-hydrogen) atoms. The van der Waals surface area contributed by atoms with E-state index in [0.29, 0.717) is 35.4 Å². The molecule has 1 aliphatic rings. The van der Waals surface area contributed by atoms with Gasteiger partial charge in [-0.3, -0.25) is 14.6 Å². The number of amides is 1. The molecule has 8 heteroatoms. The van der Waals surface area contributed by atoms with E-state index in [0.717, 1.165) is 60.4 Å². The number of furan rings is 1. The van der Waals surface area contributed by atoms with Crippen molar-refractivity contribution in [2.75, 3.05) is 50.9 Å². The molecule has 1 fully saturated rings. The van der Waals surface area contributed by atoms with Gasteiger partial charge in [-0.15, -0.1) is 0 Å². The quantitative estimate of drug-likeness (QED) is 0.326. The van der Waals surface area contributed by atoms with Crippen LogP contribution in [0.1, 0.15) is 35.0 Å². The van der Waals surface area contributed by atoms with E-state index >= 15 is 0 Å². The third-order valence-corrected chi connectivity index (χ3v) is 7.57. The number of carbonyl (C=O) groups is 1. The monoisotopic (exact) mass is 493 g/mol. The van der Waals surface area contributed by atoms with Crippen molar-refractivity contribution in [2.45, 2.75) is 27.2 Å². The molecule has 0 aliphatic carbocycles. The number of aromatic nitrogens is 1.